The molecule has 0 saturated carbocycles. The highest BCUT2D eigenvalue weighted by Crippen LogP contribution is 2.32. The van der Waals surface area contributed by atoms with Crippen LogP contribution in [0.2, 0.25) is 0 Å². The fraction of sp³-hybridized carbons (Fsp3) is 0.421. The van der Waals surface area contributed by atoms with Crippen LogP contribution in [0.3, 0.4) is 0 Å². The van der Waals surface area contributed by atoms with Crippen molar-refractivity contribution < 1.29 is 27.4 Å². The fourth-order valence-electron chi connectivity index (χ4n) is 2.77. The average Bonchev–Trinajstić information content (AvgIpc) is 2.97. The molecule has 0 amide bonds. The second-order valence-electron chi connectivity index (χ2n) is 6.18. The third kappa shape index (κ3) is 4.27. The Hall–Kier alpha value is -3.02. The lowest BCUT2D eigenvalue weighted by Crippen LogP contribution is -2.21. The molecule has 1 heterocycles. The van der Waals surface area contributed by atoms with Crippen LogP contribution in [-0.4, -0.2) is 35.4 Å². The van der Waals surface area contributed by atoms with Crippen LogP contribution >= 0.6 is 0 Å². The second kappa shape index (κ2) is 8.33. The Bertz CT molecular complexity index is 914. The zero-order valence-corrected chi connectivity index (χ0v) is 15.9. The van der Waals surface area contributed by atoms with E-state index in [1.807, 2.05) is 6.07 Å². The number of nitriles is 1. The number of carbonyl (C=O) groups excluding carboxylic acids is 1. The van der Waals surface area contributed by atoms with Crippen LogP contribution in [0.1, 0.15) is 41.4 Å². The highest BCUT2D eigenvalue weighted by Gasteiger charge is 2.35. The molecule has 2 aromatic rings. The zero-order valence-electron chi connectivity index (χ0n) is 15.9. The van der Waals surface area contributed by atoms with Crippen LogP contribution < -0.4 is 4.74 Å². The summed E-state index contributed by atoms with van der Waals surface area (Å²) in [5.74, 6) is -1.63. The Morgan fingerprint density at radius 1 is 1.39 bits per heavy atom. The third-order valence-corrected chi connectivity index (χ3v) is 4.21. The molecule has 0 aliphatic rings. The fourth-order valence-corrected chi connectivity index (χ4v) is 2.77. The van der Waals surface area contributed by atoms with E-state index in [0.29, 0.717) is 17.1 Å². The van der Waals surface area contributed by atoms with Crippen LogP contribution in [0.4, 0.5) is 13.2 Å². The molecular weight excluding hydrogens is 375 g/mol. The normalized spacial score (nSPS) is 12.4. The molecule has 9 heteroatoms. The Labute approximate surface area is 160 Å². The minimum Gasteiger partial charge on any atom is -0.495 e. The van der Waals surface area contributed by atoms with E-state index < -0.39 is 18.1 Å². The number of esters is 1. The lowest BCUT2D eigenvalue weighted by molar-refractivity contribution is -0.169. The number of hydrogen-bond donors (Lipinski definition) is 0. The molecular formula is C19H20F3N3O3. The van der Waals surface area contributed by atoms with E-state index >= 15 is 0 Å². The van der Waals surface area contributed by atoms with E-state index in [-0.39, 0.29) is 30.2 Å². The van der Waals surface area contributed by atoms with Gasteiger partial charge in [0.05, 0.1) is 25.3 Å². The number of ether oxygens (including phenoxy) is 2. The van der Waals surface area contributed by atoms with Crippen molar-refractivity contribution in [3.8, 4) is 17.5 Å². The summed E-state index contributed by atoms with van der Waals surface area (Å²) in [6, 6.07) is 6.50. The number of nitrogens with zero attached hydrogens (tertiary/aromatic N) is 3. The van der Waals surface area contributed by atoms with E-state index in [0.717, 1.165) is 6.92 Å². The summed E-state index contributed by atoms with van der Waals surface area (Å²) in [7, 11) is 1.38. The van der Waals surface area contributed by atoms with Crippen molar-refractivity contribution in [1.29, 1.82) is 5.26 Å². The molecule has 1 unspecified atom stereocenters. The molecule has 28 heavy (non-hydrogen) atoms. The first kappa shape index (κ1) is 21.3. The van der Waals surface area contributed by atoms with E-state index in [2.05, 4.69) is 4.98 Å². The van der Waals surface area contributed by atoms with Crippen LogP contribution in [0.5, 0.6) is 5.75 Å². The maximum absolute atomic E-state index is 12.8. The molecule has 1 aromatic heterocycles. The highest BCUT2D eigenvalue weighted by atomic mass is 19.4. The van der Waals surface area contributed by atoms with Gasteiger partial charge in [0, 0.05) is 0 Å². The summed E-state index contributed by atoms with van der Waals surface area (Å²) in [6.45, 7) is 4.48. The number of carbonyl (C=O) groups is 1. The summed E-state index contributed by atoms with van der Waals surface area (Å²) in [4.78, 5) is 16.2. The van der Waals surface area contributed by atoms with Gasteiger partial charge < -0.3 is 9.47 Å². The SMILES string of the molecule is CCOC(=O)c1nc(C)n(-c2ccc(CC(C)C(F)(F)F)cc2OC)c1C#N. The smallest absolute Gasteiger partial charge is 0.391 e. The minimum atomic E-state index is -4.30. The van der Waals surface area contributed by atoms with Crippen molar-refractivity contribution in [2.75, 3.05) is 13.7 Å². The Morgan fingerprint density at radius 3 is 2.61 bits per heavy atom. The third-order valence-electron chi connectivity index (χ3n) is 4.21. The van der Waals surface area contributed by atoms with E-state index in [1.165, 1.54) is 23.8 Å². The van der Waals surface area contributed by atoms with Gasteiger partial charge in [-0.1, -0.05) is 13.0 Å². The number of halogens is 3. The summed E-state index contributed by atoms with van der Waals surface area (Å²) in [6.07, 6.45) is -4.50. The van der Waals surface area contributed by atoms with E-state index in [4.69, 9.17) is 9.47 Å². The number of benzene rings is 1. The maximum Gasteiger partial charge on any atom is 0.391 e. The van der Waals surface area contributed by atoms with Gasteiger partial charge >= 0.3 is 12.1 Å². The minimum absolute atomic E-state index is 0.0364. The number of alkyl halides is 3. The number of aryl methyl sites for hydroxylation is 1. The van der Waals surface area contributed by atoms with Gasteiger partial charge in [0.2, 0.25) is 0 Å². The van der Waals surface area contributed by atoms with E-state index in [9.17, 15) is 23.2 Å². The highest BCUT2D eigenvalue weighted by molar-refractivity contribution is 5.90. The number of methoxy groups -OCH3 is 1. The second-order valence-corrected chi connectivity index (χ2v) is 6.18. The first-order valence-electron chi connectivity index (χ1n) is 8.54. The van der Waals surface area contributed by atoms with Gasteiger partial charge in [-0.15, -0.1) is 0 Å². The van der Waals surface area contributed by atoms with Crippen LogP contribution in [0.25, 0.3) is 5.69 Å². The van der Waals surface area contributed by atoms with Crippen LogP contribution in [0.15, 0.2) is 18.2 Å². The Morgan fingerprint density at radius 2 is 2.07 bits per heavy atom. The lowest BCUT2D eigenvalue weighted by Gasteiger charge is -2.17. The molecule has 1 atom stereocenters. The summed E-state index contributed by atoms with van der Waals surface area (Å²) in [5, 5.41) is 9.53. The molecule has 6 nitrogen and oxygen atoms in total. The summed E-state index contributed by atoms with van der Waals surface area (Å²) < 4.78 is 50.2. The topological polar surface area (TPSA) is 77.1 Å². The first-order valence-corrected chi connectivity index (χ1v) is 8.54. The largest absolute Gasteiger partial charge is 0.495 e. The standard InChI is InChI=1S/C19H20F3N3O3/c1-5-28-18(26)17-15(10-23)25(12(3)24-17)14-7-6-13(9-16(14)27-4)8-11(2)19(20,21)22/h6-7,9,11H,5,8H2,1-4H3. The van der Waals surface area contributed by atoms with Gasteiger partial charge in [0.25, 0.3) is 0 Å². The molecule has 0 N–H and O–H groups in total. The zero-order chi connectivity index (χ0) is 21.1. The Kier molecular flexibility index (Phi) is 6.33. The molecule has 0 fully saturated rings. The van der Waals surface area contributed by atoms with Gasteiger partial charge in [0.1, 0.15) is 17.6 Å². The molecule has 1 aromatic carbocycles. The number of hydrogen-bond acceptors (Lipinski definition) is 5. The summed E-state index contributed by atoms with van der Waals surface area (Å²) >= 11 is 0. The first-order chi connectivity index (χ1) is 13.1. The predicted octanol–water partition coefficient (Wildman–Crippen LogP) is 3.98. The number of aromatic nitrogens is 2. The van der Waals surface area contributed by atoms with Crippen molar-refractivity contribution in [3.63, 3.8) is 0 Å². The molecule has 0 aliphatic carbocycles. The molecule has 0 aliphatic heterocycles. The van der Waals surface area contributed by atoms with Gasteiger partial charge in [0.15, 0.2) is 11.4 Å². The van der Waals surface area contributed by atoms with E-state index in [1.54, 1.807) is 19.9 Å². The van der Waals surface area contributed by atoms with Gasteiger partial charge in [-0.3, -0.25) is 4.57 Å². The molecule has 2 rings (SSSR count). The molecule has 0 saturated heterocycles. The monoisotopic (exact) mass is 395 g/mol. The van der Waals surface area contributed by atoms with Gasteiger partial charge in [-0.05, 0) is 38.0 Å². The molecule has 0 radical (unpaired) electrons. The maximum atomic E-state index is 12.8. The van der Waals surface area contributed by atoms with Crippen LogP contribution in [0, 0.1) is 24.2 Å². The predicted molar refractivity (Wildman–Crippen MR) is 94.4 cm³/mol. The Balaban J connectivity index is 2.51. The van der Waals surface area contributed by atoms with Gasteiger partial charge in [-0.25, -0.2) is 9.78 Å². The van der Waals surface area contributed by atoms with Crippen molar-refractivity contribution in [2.24, 2.45) is 5.92 Å². The number of rotatable bonds is 6. The van der Waals surface area contributed by atoms with Crippen LogP contribution in [-0.2, 0) is 11.2 Å². The van der Waals surface area contributed by atoms with Gasteiger partial charge in [-0.2, -0.15) is 18.4 Å². The van der Waals surface area contributed by atoms with Crippen molar-refractivity contribution in [2.45, 2.75) is 33.4 Å². The number of imidazole rings is 1. The molecule has 0 bridgehead atoms. The molecule has 0 spiro atoms. The summed E-state index contributed by atoms with van der Waals surface area (Å²) in [5.41, 5.74) is 0.666. The average molecular weight is 395 g/mol. The van der Waals surface area contributed by atoms with Crippen molar-refractivity contribution >= 4 is 5.97 Å². The lowest BCUT2D eigenvalue weighted by atomic mass is 10.00. The molecule has 150 valence electrons. The van der Waals surface area contributed by atoms with Crippen molar-refractivity contribution in [3.05, 3.63) is 41.0 Å². The van der Waals surface area contributed by atoms with Crippen molar-refractivity contribution in [1.82, 2.24) is 9.55 Å². The quantitative estimate of drug-likeness (QED) is 0.692.